The molecule has 5 aromatic rings. The number of carbonyl (C=O) groups is 1. The smallest absolute Gasteiger partial charge is 0.255 e. The molecule has 0 spiro atoms. The Morgan fingerprint density at radius 1 is 0.900 bits per heavy atom. The van der Waals surface area contributed by atoms with Crippen molar-refractivity contribution in [3.8, 4) is 11.5 Å². The highest BCUT2D eigenvalue weighted by molar-refractivity contribution is 7.91. The summed E-state index contributed by atoms with van der Waals surface area (Å²) in [4.78, 5) is 16.8. The van der Waals surface area contributed by atoms with Crippen molar-refractivity contribution >= 4 is 46.5 Å². The number of ether oxygens (including phenoxy) is 3. The largest absolute Gasteiger partial charge is 0.497 e. The first kappa shape index (κ1) is 37.1. The molecule has 10 nitrogen and oxygen atoms in total. The lowest BCUT2D eigenvalue weighted by Gasteiger charge is -2.37. The molecule has 13 heteroatoms. The number of benzene rings is 4. The molecule has 0 radical (unpaired) electrons. The number of primary sulfonamides is 1. The van der Waals surface area contributed by atoms with E-state index in [-0.39, 0.29) is 36.0 Å². The number of rotatable bonds is 15. The Balaban J connectivity index is 1.65. The van der Waals surface area contributed by atoms with E-state index in [1.54, 1.807) is 79.6 Å². The maximum absolute atomic E-state index is 15.3. The van der Waals surface area contributed by atoms with Crippen molar-refractivity contribution in [2.75, 3.05) is 20.8 Å². The normalized spacial score (nSPS) is 13.2. The van der Waals surface area contributed by atoms with Crippen LogP contribution in [0.2, 0.25) is 30.7 Å². The monoisotopic (exact) mass is 734 g/mol. The van der Waals surface area contributed by atoms with Crippen molar-refractivity contribution < 1.29 is 27.4 Å². The molecule has 5 rings (SSSR count). The Kier molecular flexibility index (Phi) is 11.4. The Bertz CT molecular complexity index is 2000. The minimum absolute atomic E-state index is 0.0390. The van der Waals surface area contributed by atoms with Gasteiger partial charge >= 0.3 is 0 Å². The van der Waals surface area contributed by atoms with E-state index < -0.39 is 28.8 Å². The van der Waals surface area contributed by atoms with Gasteiger partial charge in [-0.1, -0.05) is 85.8 Å². The Hall–Kier alpha value is -4.20. The van der Waals surface area contributed by atoms with Crippen molar-refractivity contribution in [2.45, 2.75) is 50.3 Å². The van der Waals surface area contributed by atoms with Crippen molar-refractivity contribution in [2.24, 2.45) is 5.14 Å². The first-order chi connectivity index (χ1) is 23.7. The summed E-state index contributed by atoms with van der Waals surface area (Å²) >= 11 is 6.77. The second-order valence-electron chi connectivity index (χ2n) is 13.4. The van der Waals surface area contributed by atoms with E-state index in [0.29, 0.717) is 23.6 Å². The van der Waals surface area contributed by atoms with Crippen LogP contribution in [0, 0.1) is 0 Å². The summed E-state index contributed by atoms with van der Waals surface area (Å²) in [6.45, 7) is 7.82. The molecule has 1 aromatic heterocycles. The lowest BCUT2D eigenvalue weighted by Crippen LogP contribution is -2.54. The minimum atomic E-state index is -4.77. The number of sulfonamides is 1. The number of hydrogen-bond acceptors (Lipinski definition) is 7. The molecular weight excluding hydrogens is 692 g/mol. The van der Waals surface area contributed by atoms with Crippen molar-refractivity contribution in [1.82, 2.24) is 14.7 Å². The van der Waals surface area contributed by atoms with E-state index in [1.165, 1.54) is 11.0 Å². The average molecular weight is 735 g/mol. The van der Waals surface area contributed by atoms with E-state index >= 15 is 4.79 Å². The summed E-state index contributed by atoms with van der Waals surface area (Å²) in [6, 6.07) is 26.8. The summed E-state index contributed by atoms with van der Waals surface area (Å²) in [5.41, 5.74) is 2.13. The van der Waals surface area contributed by atoms with Crippen LogP contribution in [0.1, 0.15) is 22.3 Å². The molecule has 50 heavy (non-hydrogen) atoms. The van der Waals surface area contributed by atoms with Gasteiger partial charge in [-0.25, -0.2) is 18.2 Å². The molecule has 0 aliphatic heterocycles. The Morgan fingerprint density at radius 2 is 1.48 bits per heavy atom. The summed E-state index contributed by atoms with van der Waals surface area (Å²) in [7, 11) is -2.90. The van der Waals surface area contributed by atoms with Gasteiger partial charge in [0.1, 0.15) is 18.2 Å². The number of aromatic nitrogens is 2. The van der Waals surface area contributed by atoms with Crippen LogP contribution in [0.4, 0.5) is 0 Å². The number of amides is 1. The third-order valence-electron chi connectivity index (χ3n) is 8.51. The van der Waals surface area contributed by atoms with Gasteiger partial charge in [-0.3, -0.25) is 4.79 Å². The zero-order chi connectivity index (χ0) is 36.1. The first-order valence-corrected chi connectivity index (χ1v) is 21.8. The summed E-state index contributed by atoms with van der Waals surface area (Å²) in [6.07, 6.45) is 1.82. The second kappa shape index (κ2) is 15.4. The molecule has 0 aliphatic carbocycles. The molecule has 0 fully saturated rings. The van der Waals surface area contributed by atoms with Crippen LogP contribution in [-0.4, -0.2) is 57.9 Å². The van der Waals surface area contributed by atoms with Crippen LogP contribution in [0.15, 0.2) is 97.2 Å². The molecule has 0 saturated carbocycles. The molecule has 1 heterocycles. The third kappa shape index (κ3) is 8.22. The Morgan fingerprint density at radius 3 is 2.00 bits per heavy atom. The van der Waals surface area contributed by atoms with E-state index in [2.05, 4.69) is 24.7 Å². The van der Waals surface area contributed by atoms with Gasteiger partial charge in [0.25, 0.3) is 5.91 Å². The third-order valence-corrected chi connectivity index (χ3v) is 12.0. The maximum atomic E-state index is 15.3. The van der Waals surface area contributed by atoms with E-state index in [0.717, 1.165) is 22.6 Å². The Labute approximate surface area is 299 Å². The molecule has 4 aromatic carbocycles. The van der Waals surface area contributed by atoms with Gasteiger partial charge in [-0.05, 0) is 59.1 Å². The fourth-order valence-corrected chi connectivity index (χ4v) is 8.20. The fraction of sp³-hybridized carbons (Fsp3) is 0.297. The standard InChI is InChI=1S/C37H43ClN4O6SSi/c1-46-31-16-10-27(11-17-31)23-41(24-28-12-18-32(47-2)19-13-28)36(43)37(49(39,44)45,33-8-6-7-9-34(33)38)30-15-14-29-25-42(40-35(29)22-30)26-48-20-21-50(3,4)5/h6-19,22,25H,20-21,23-24,26H2,1-5H3,(H2,39,44,45). The average Bonchev–Trinajstić information content (AvgIpc) is 3.49. The van der Waals surface area contributed by atoms with E-state index in [1.807, 2.05) is 30.5 Å². The lowest BCUT2D eigenvalue weighted by molar-refractivity contribution is -0.134. The fourth-order valence-electron chi connectivity index (χ4n) is 5.79. The van der Waals surface area contributed by atoms with Crippen molar-refractivity contribution in [1.29, 1.82) is 0 Å². The van der Waals surface area contributed by atoms with Crippen molar-refractivity contribution in [3.63, 3.8) is 0 Å². The molecule has 0 bridgehead atoms. The van der Waals surface area contributed by atoms with Crippen LogP contribution < -0.4 is 14.6 Å². The molecule has 2 N–H and O–H groups in total. The predicted molar refractivity (Wildman–Crippen MR) is 199 cm³/mol. The van der Waals surface area contributed by atoms with Crippen LogP contribution in [0.5, 0.6) is 11.5 Å². The number of halogens is 1. The van der Waals surface area contributed by atoms with Gasteiger partial charge in [0.2, 0.25) is 14.8 Å². The van der Waals surface area contributed by atoms with Gasteiger partial charge < -0.3 is 19.1 Å². The summed E-state index contributed by atoms with van der Waals surface area (Å²) in [5.74, 6) is 0.519. The van der Waals surface area contributed by atoms with Crippen LogP contribution in [0.25, 0.3) is 10.9 Å². The van der Waals surface area contributed by atoms with E-state index in [4.69, 9.17) is 31.0 Å². The highest BCUT2D eigenvalue weighted by Crippen LogP contribution is 2.43. The summed E-state index contributed by atoms with van der Waals surface area (Å²) in [5, 5.41) is 11.7. The molecule has 1 atom stereocenters. The topological polar surface area (TPSA) is 126 Å². The predicted octanol–water partition coefficient (Wildman–Crippen LogP) is 6.78. The SMILES string of the molecule is COc1ccc(CN(Cc2ccc(OC)cc2)C(=O)C(c2ccc3cn(COCC[Si](C)(C)C)nc3c2)(c2ccccc2Cl)S(N)(=O)=O)cc1. The molecule has 0 aliphatic rings. The second-order valence-corrected chi connectivity index (χ2v) is 21.1. The quantitative estimate of drug-likeness (QED) is 0.0929. The van der Waals surface area contributed by atoms with Gasteiger partial charge in [0.05, 0.1) is 19.7 Å². The van der Waals surface area contributed by atoms with Gasteiger partial charge in [0, 0.05) is 49.9 Å². The molecule has 1 amide bonds. The molecule has 264 valence electrons. The maximum Gasteiger partial charge on any atom is 0.255 e. The van der Waals surface area contributed by atoms with Crippen LogP contribution in [0.3, 0.4) is 0 Å². The van der Waals surface area contributed by atoms with Gasteiger partial charge in [-0.2, -0.15) is 5.10 Å². The zero-order valence-electron chi connectivity index (χ0n) is 28.9. The zero-order valence-corrected chi connectivity index (χ0v) is 31.5. The number of hydrogen-bond donors (Lipinski definition) is 1. The number of carbonyl (C=O) groups excluding carboxylic acids is 1. The van der Waals surface area contributed by atoms with Gasteiger partial charge in [0.15, 0.2) is 0 Å². The van der Waals surface area contributed by atoms with Crippen LogP contribution >= 0.6 is 11.6 Å². The van der Waals surface area contributed by atoms with E-state index in [9.17, 15) is 8.42 Å². The number of nitrogens with two attached hydrogens (primary N) is 1. The summed E-state index contributed by atoms with van der Waals surface area (Å²) < 4.78 is 44.2. The highest BCUT2D eigenvalue weighted by atomic mass is 35.5. The number of methoxy groups -OCH3 is 2. The first-order valence-electron chi connectivity index (χ1n) is 16.1. The number of nitrogens with zero attached hydrogens (tertiary/aromatic N) is 3. The van der Waals surface area contributed by atoms with Crippen LogP contribution in [-0.2, 0) is 44.1 Å². The molecule has 0 saturated heterocycles. The highest BCUT2D eigenvalue weighted by Gasteiger charge is 2.55. The minimum Gasteiger partial charge on any atom is -0.497 e. The molecular formula is C37H43ClN4O6SSi. The van der Waals surface area contributed by atoms with Crippen molar-refractivity contribution in [3.05, 3.63) is 124 Å². The van der Waals surface area contributed by atoms with Gasteiger partial charge in [-0.15, -0.1) is 0 Å². The lowest BCUT2D eigenvalue weighted by atomic mass is 9.87. The number of fused-ring (bicyclic) bond motifs is 1. The molecule has 1 unspecified atom stereocenters.